The van der Waals surface area contributed by atoms with Gasteiger partial charge in [0.25, 0.3) is 0 Å². The summed E-state index contributed by atoms with van der Waals surface area (Å²) in [6.45, 7) is 4.49. The van der Waals surface area contributed by atoms with Crippen LogP contribution in [0.15, 0.2) is 16.2 Å². The lowest BCUT2D eigenvalue weighted by molar-refractivity contribution is 0.288. The van der Waals surface area contributed by atoms with Gasteiger partial charge in [-0.2, -0.15) is 20.1 Å². The van der Waals surface area contributed by atoms with E-state index in [9.17, 15) is 0 Å². The Morgan fingerprint density at radius 2 is 2.16 bits per heavy atom. The highest BCUT2D eigenvalue weighted by Gasteiger charge is 2.10. The molecule has 0 N–H and O–H groups in total. The van der Waals surface area contributed by atoms with Crippen molar-refractivity contribution in [1.82, 2.24) is 24.7 Å². The Labute approximate surface area is 120 Å². The summed E-state index contributed by atoms with van der Waals surface area (Å²) in [5.74, 6) is 0. The van der Waals surface area contributed by atoms with Crippen molar-refractivity contribution < 1.29 is 4.74 Å². The molecule has 8 heteroatoms. The fourth-order valence-electron chi connectivity index (χ4n) is 1.39. The van der Waals surface area contributed by atoms with E-state index in [2.05, 4.69) is 20.1 Å². The van der Waals surface area contributed by atoms with Crippen LogP contribution < -0.4 is 4.74 Å². The molecule has 0 spiro atoms. The molecule has 0 unspecified atom stereocenters. The SMILES string of the molecule is CCCOc1nc(Cl)nc(Sc2cc(C)nn2C)n1. The highest BCUT2D eigenvalue weighted by Crippen LogP contribution is 2.26. The second-order valence-corrected chi connectivity index (χ2v) is 5.19. The number of aryl methyl sites for hydroxylation is 2. The molecule has 0 radical (unpaired) electrons. The van der Waals surface area contributed by atoms with E-state index in [1.807, 2.05) is 27.0 Å². The average Bonchev–Trinajstić information content (AvgIpc) is 2.64. The number of ether oxygens (including phenoxy) is 1. The van der Waals surface area contributed by atoms with E-state index in [1.165, 1.54) is 11.8 Å². The summed E-state index contributed by atoms with van der Waals surface area (Å²) in [6.07, 6.45) is 0.882. The molecule has 0 fully saturated rings. The first-order valence-corrected chi connectivity index (χ1v) is 7.01. The molecule has 0 aliphatic heterocycles. The first-order chi connectivity index (χ1) is 9.08. The maximum absolute atomic E-state index is 5.86. The van der Waals surface area contributed by atoms with Crippen LogP contribution in [0.4, 0.5) is 0 Å². The lowest BCUT2D eigenvalue weighted by Crippen LogP contribution is -2.02. The van der Waals surface area contributed by atoms with Crippen molar-refractivity contribution in [2.45, 2.75) is 30.5 Å². The van der Waals surface area contributed by atoms with Gasteiger partial charge in [0.15, 0.2) is 0 Å². The molecule has 19 heavy (non-hydrogen) atoms. The second-order valence-electron chi connectivity index (χ2n) is 3.87. The van der Waals surface area contributed by atoms with Gasteiger partial charge < -0.3 is 4.74 Å². The van der Waals surface area contributed by atoms with E-state index in [1.54, 1.807) is 4.68 Å². The largest absolute Gasteiger partial charge is 0.463 e. The van der Waals surface area contributed by atoms with Crippen molar-refractivity contribution in [3.8, 4) is 6.01 Å². The van der Waals surface area contributed by atoms with Crippen LogP contribution in [0.3, 0.4) is 0 Å². The zero-order valence-electron chi connectivity index (χ0n) is 10.9. The lowest BCUT2D eigenvalue weighted by atomic mass is 10.5. The standard InChI is InChI=1S/C11H14ClN5OS/c1-4-5-18-10-13-9(12)14-11(15-10)19-8-6-7(2)16-17(8)3/h6H,4-5H2,1-3H3. The van der Waals surface area contributed by atoms with E-state index in [0.29, 0.717) is 11.8 Å². The Balaban J connectivity index is 2.20. The van der Waals surface area contributed by atoms with Crippen LogP contribution in [-0.2, 0) is 7.05 Å². The van der Waals surface area contributed by atoms with Crippen molar-refractivity contribution in [3.63, 3.8) is 0 Å². The van der Waals surface area contributed by atoms with Crippen LogP contribution in [0.5, 0.6) is 6.01 Å². The third-order valence-corrected chi connectivity index (χ3v) is 3.28. The molecular weight excluding hydrogens is 286 g/mol. The van der Waals surface area contributed by atoms with Crippen LogP contribution in [-0.4, -0.2) is 31.3 Å². The average molecular weight is 300 g/mol. The minimum Gasteiger partial charge on any atom is -0.463 e. The molecule has 0 bridgehead atoms. The van der Waals surface area contributed by atoms with Crippen molar-refractivity contribution in [1.29, 1.82) is 0 Å². The first-order valence-electron chi connectivity index (χ1n) is 5.81. The Morgan fingerprint density at radius 1 is 1.37 bits per heavy atom. The molecule has 102 valence electrons. The van der Waals surface area contributed by atoms with Gasteiger partial charge in [0.05, 0.1) is 12.3 Å². The number of hydrogen-bond acceptors (Lipinski definition) is 6. The minimum absolute atomic E-state index is 0.127. The normalized spacial score (nSPS) is 10.7. The van der Waals surface area contributed by atoms with Crippen LogP contribution in [0.1, 0.15) is 19.0 Å². The van der Waals surface area contributed by atoms with E-state index in [4.69, 9.17) is 16.3 Å². The van der Waals surface area contributed by atoms with Gasteiger partial charge in [-0.15, -0.1) is 0 Å². The highest BCUT2D eigenvalue weighted by molar-refractivity contribution is 7.99. The third-order valence-electron chi connectivity index (χ3n) is 2.16. The second kappa shape index (κ2) is 6.21. The Bertz CT molecular complexity index is 574. The van der Waals surface area contributed by atoms with Gasteiger partial charge in [-0.05, 0) is 42.8 Å². The number of rotatable bonds is 5. The van der Waals surface area contributed by atoms with E-state index < -0.39 is 0 Å². The summed E-state index contributed by atoms with van der Waals surface area (Å²) in [6, 6.07) is 2.21. The fourth-order valence-corrected chi connectivity index (χ4v) is 2.44. The zero-order valence-corrected chi connectivity index (χ0v) is 12.5. The number of nitrogens with zero attached hydrogens (tertiary/aromatic N) is 5. The van der Waals surface area contributed by atoms with Gasteiger partial charge in [0.2, 0.25) is 10.4 Å². The monoisotopic (exact) mass is 299 g/mol. The third kappa shape index (κ3) is 3.81. The molecule has 6 nitrogen and oxygen atoms in total. The Morgan fingerprint density at radius 3 is 2.79 bits per heavy atom. The smallest absolute Gasteiger partial charge is 0.321 e. The molecule has 0 saturated carbocycles. The molecule has 0 amide bonds. The first kappa shape index (κ1) is 14.1. The van der Waals surface area contributed by atoms with Crippen LogP contribution >= 0.6 is 23.4 Å². The van der Waals surface area contributed by atoms with Crippen molar-refractivity contribution in [2.75, 3.05) is 6.61 Å². The van der Waals surface area contributed by atoms with Gasteiger partial charge in [-0.1, -0.05) is 6.92 Å². The predicted octanol–water partition coefficient (Wildman–Crippen LogP) is 2.51. The molecule has 0 atom stereocenters. The van der Waals surface area contributed by atoms with E-state index in [0.717, 1.165) is 17.1 Å². The maximum atomic E-state index is 5.86. The van der Waals surface area contributed by atoms with Crippen LogP contribution in [0, 0.1) is 6.92 Å². The Kier molecular flexibility index (Phi) is 4.60. The Hall–Kier alpha value is -1.34. The summed E-state index contributed by atoms with van der Waals surface area (Å²) in [5.41, 5.74) is 0.938. The summed E-state index contributed by atoms with van der Waals surface area (Å²) in [4.78, 5) is 12.2. The van der Waals surface area contributed by atoms with Gasteiger partial charge in [-0.3, -0.25) is 4.68 Å². The van der Waals surface area contributed by atoms with E-state index in [-0.39, 0.29) is 11.3 Å². The topological polar surface area (TPSA) is 65.7 Å². The molecule has 2 heterocycles. The molecule has 2 rings (SSSR count). The summed E-state index contributed by atoms with van der Waals surface area (Å²) in [5, 5.41) is 5.82. The van der Waals surface area contributed by atoms with Crippen molar-refractivity contribution >= 4 is 23.4 Å². The van der Waals surface area contributed by atoms with Gasteiger partial charge >= 0.3 is 6.01 Å². The van der Waals surface area contributed by atoms with Crippen molar-refractivity contribution in [3.05, 3.63) is 17.0 Å². The molecule has 2 aromatic rings. The molecule has 0 aromatic carbocycles. The zero-order chi connectivity index (χ0) is 13.8. The number of aromatic nitrogens is 5. The van der Waals surface area contributed by atoms with Gasteiger partial charge in [0.1, 0.15) is 5.03 Å². The molecule has 0 aliphatic carbocycles. The maximum Gasteiger partial charge on any atom is 0.321 e. The van der Waals surface area contributed by atoms with Crippen LogP contribution in [0.2, 0.25) is 5.28 Å². The number of halogens is 1. The van der Waals surface area contributed by atoms with Crippen LogP contribution in [0.25, 0.3) is 0 Å². The molecular formula is C11H14ClN5OS. The lowest BCUT2D eigenvalue weighted by Gasteiger charge is -2.04. The minimum atomic E-state index is 0.127. The predicted molar refractivity (Wildman–Crippen MR) is 72.7 cm³/mol. The summed E-state index contributed by atoms with van der Waals surface area (Å²) in [7, 11) is 1.87. The summed E-state index contributed by atoms with van der Waals surface area (Å²) < 4.78 is 7.14. The molecule has 2 aromatic heterocycles. The highest BCUT2D eigenvalue weighted by atomic mass is 35.5. The quantitative estimate of drug-likeness (QED) is 0.845. The van der Waals surface area contributed by atoms with Crippen molar-refractivity contribution in [2.24, 2.45) is 7.05 Å². The van der Waals surface area contributed by atoms with E-state index >= 15 is 0 Å². The molecule has 0 saturated heterocycles. The number of hydrogen-bond donors (Lipinski definition) is 0. The fraction of sp³-hybridized carbons (Fsp3) is 0.455. The van der Waals surface area contributed by atoms with Gasteiger partial charge in [0, 0.05) is 7.05 Å². The molecule has 0 aliphatic rings. The summed E-state index contributed by atoms with van der Waals surface area (Å²) >= 11 is 7.23. The van der Waals surface area contributed by atoms with Gasteiger partial charge in [-0.25, -0.2) is 0 Å².